The first-order chi connectivity index (χ1) is 13.6. The van der Waals surface area contributed by atoms with E-state index >= 15 is 0 Å². The van der Waals surface area contributed by atoms with Gasteiger partial charge in [-0.3, -0.25) is 0 Å². The third kappa shape index (κ3) is 3.31. The fourth-order valence-electron chi connectivity index (χ4n) is 4.09. The molecule has 3 saturated heterocycles. The van der Waals surface area contributed by atoms with Crippen LogP contribution in [0.1, 0.15) is 27.7 Å². The maximum atomic E-state index is 13.5. The third-order valence-electron chi connectivity index (χ3n) is 5.27. The molecule has 0 aliphatic carbocycles. The van der Waals surface area contributed by atoms with E-state index in [0.29, 0.717) is 12.1 Å². The highest BCUT2D eigenvalue weighted by molar-refractivity contribution is 7.94. The molecule has 0 saturated carbocycles. The number of benzene rings is 1. The zero-order valence-electron chi connectivity index (χ0n) is 16.5. The molecule has 158 valence electrons. The molecule has 29 heavy (non-hydrogen) atoms. The van der Waals surface area contributed by atoms with Gasteiger partial charge in [0.25, 0.3) is 0 Å². The minimum absolute atomic E-state index is 0.0142. The lowest BCUT2D eigenvalue weighted by molar-refractivity contribution is -0.198. The van der Waals surface area contributed by atoms with E-state index in [1.165, 1.54) is 0 Å². The van der Waals surface area contributed by atoms with Crippen molar-refractivity contribution >= 4 is 31.4 Å². The normalized spacial score (nSPS) is 35.9. The molecule has 1 aromatic carbocycles. The van der Waals surface area contributed by atoms with Gasteiger partial charge in [0.2, 0.25) is 14.2 Å². The lowest BCUT2D eigenvalue weighted by Crippen LogP contribution is -2.40. The van der Waals surface area contributed by atoms with Gasteiger partial charge in [0.15, 0.2) is 17.0 Å². The Morgan fingerprint density at radius 3 is 2.41 bits per heavy atom. The molecule has 8 nitrogen and oxygen atoms in total. The number of hydrogen-bond acceptors (Lipinski definition) is 9. The van der Waals surface area contributed by atoms with E-state index in [9.17, 15) is 8.42 Å². The van der Waals surface area contributed by atoms with Crippen LogP contribution in [0, 0.1) is 0 Å². The molecule has 0 bridgehead atoms. The van der Waals surface area contributed by atoms with Gasteiger partial charge < -0.3 is 23.7 Å². The SMILES string of the molecule is CC1(C)O[C@H]2[C@@H]([C@H]3COC(C)(C)O3)O[C@H](S(=O)(=O)c3nc4ccccc4s3)[C@H]2O1. The number of nitrogens with zero attached hydrogens (tertiary/aromatic N) is 1. The van der Waals surface area contributed by atoms with Crippen LogP contribution in [0.25, 0.3) is 10.2 Å². The molecule has 5 atom stereocenters. The van der Waals surface area contributed by atoms with E-state index in [2.05, 4.69) is 4.98 Å². The van der Waals surface area contributed by atoms with Crippen molar-refractivity contribution in [2.75, 3.05) is 6.61 Å². The second kappa shape index (κ2) is 6.43. The average Bonchev–Trinajstić information content (AvgIpc) is 3.35. The zero-order chi connectivity index (χ0) is 20.6. The van der Waals surface area contributed by atoms with Gasteiger partial charge in [0.1, 0.15) is 24.4 Å². The Labute approximate surface area is 173 Å². The molecule has 3 aliphatic rings. The topological polar surface area (TPSA) is 93.2 Å². The summed E-state index contributed by atoms with van der Waals surface area (Å²) in [5.41, 5.74) is -0.590. The molecule has 0 spiro atoms. The number of sulfone groups is 1. The molecule has 10 heteroatoms. The van der Waals surface area contributed by atoms with Gasteiger partial charge in [-0.2, -0.15) is 0 Å². The van der Waals surface area contributed by atoms with Gasteiger partial charge in [0.05, 0.1) is 16.8 Å². The van der Waals surface area contributed by atoms with E-state index in [1.54, 1.807) is 19.9 Å². The van der Waals surface area contributed by atoms with Crippen molar-refractivity contribution in [3.63, 3.8) is 0 Å². The number of para-hydroxylation sites is 1. The van der Waals surface area contributed by atoms with Crippen molar-refractivity contribution in [2.24, 2.45) is 0 Å². The Kier molecular flexibility index (Phi) is 4.39. The number of fused-ring (bicyclic) bond motifs is 2. The molecule has 4 heterocycles. The van der Waals surface area contributed by atoms with E-state index in [-0.39, 0.29) is 4.34 Å². The van der Waals surface area contributed by atoms with E-state index in [1.807, 2.05) is 32.0 Å². The van der Waals surface area contributed by atoms with Crippen molar-refractivity contribution in [2.45, 2.75) is 73.5 Å². The Bertz CT molecular complexity index is 1010. The predicted molar refractivity (Wildman–Crippen MR) is 104 cm³/mol. The van der Waals surface area contributed by atoms with Gasteiger partial charge in [-0.05, 0) is 39.8 Å². The Balaban J connectivity index is 1.50. The van der Waals surface area contributed by atoms with Crippen molar-refractivity contribution in [1.29, 1.82) is 0 Å². The quantitative estimate of drug-likeness (QED) is 0.717. The number of rotatable bonds is 3. The van der Waals surface area contributed by atoms with Crippen LogP contribution >= 0.6 is 11.3 Å². The van der Waals surface area contributed by atoms with Gasteiger partial charge in [-0.15, -0.1) is 11.3 Å². The molecule has 5 rings (SSSR count). The van der Waals surface area contributed by atoms with Crippen molar-refractivity contribution in [3.05, 3.63) is 24.3 Å². The molecule has 3 fully saturated rings. The first kappa shape index (κ1) is 19.8. The van der Waals surface area contributed by atoms with Gasteiger partial charge in [-0.1, -0.05) is 12.1 Å². The summed E-state index contributed by atoms with van der Waals surface area (Å²) in [4.78, 5) is 4.32. The number of hydrogen-bond donors (Lipinski definition) is 0. The molecule has 0 N–H and O–H groups in total. The summed E-state index contributed by atoms with van der Waals surface area (Å²) in [6, 6.07) is 7.31. The highest BCUT2D eigenvalue weighted by atomic mass is 32.2. The van der Waals surface area contributed by atoms with E-state index < -0.39 is 51.3 Å². The van der Waals surface area contributed by atoms with Crippen LogP contribution in [-0.4, -0.2) is 61.4 Å². The fraction of sp³-hybridized carbons (Fsp3) is 0.632. The molecular weight excluding hydrogens is 418 g/mol. The summed E-state index contributed by atoms with van der Waals surface area (Å²) in [6.07, 6.45) is -2.44. The lowest BCUT2D eigenvalue weighted by atomic mass is 10.1. The second-order valence-electron chi connectivity index (χ2n) is 8.39. The summed E-state index contributed by atoms with van der Waals surface area (Å²) in [5, 5.41) is 0. The molecule has 2 aromatic rings. The summed E-state index contributed by atoms with van der Waals surface area (Å²) < 4.78 is 57.3. The number of aromatic nitrogens is 1. The molecule has 3 aliphatic heterocycles. The Morgan fingerprint density at radius 2 is 1.72 bits per heavy atom. The maximum absolute atomic E-state index is 13.5. The average molecular weight is 442 g/mol. The van der Waals surface area contributed by atoms with Crippen LogP contribution in [0.15, 0.2) is 28.6 Å². The maximum Gasteiger partial charge on any atom is 0.234 e. The molecule has 0 radical (unpaired) electrons. The van der Waals surface area contributed by atoms with Crippen molar-refractivity contribution in [1.82, 2.24) is 4.98 Å². The standard InChI is InChI=1S/C19H23NO7S2/c1-18(2)23-9-11(25-18)13-14-15(27-19(3,4)26-14)16(24-13)29(21,22)17-20-10-7-5-6-8-12(10)28-17/h5-8,11,13-16H,9H2,1-4H3/t11-,13-,14+,15+,16-/m1/s1. The van der Waals surface area contributed by atoms with Crippen LogP contribution in [0.3, 0.4) is 0 Å². The van der Waals surface area contributed by atoms with Crippen molar-refractivity contribution in [3.8, 4) is 0 Å². The van der Waals surface area contributed by atoms with Crippen molar-refractivity contribution < 1.29 is 32.1 Å². The molecule has 1 aromatic heterocycles. The van der Waals surface area contributed by atoms with Gasteiger partial charge in [-0.25, -0.2) is 13.4 Å². The first-order valence-corrected chi connectivity index (χ1v) is 11.8. The Hall–Kier alpha value is -1.14. The molecule has 0 amide bonds. The molecular formula is C19H23NO7S2. The van der Waals surface area contributed by atoms with E-state index in [4.69, 9.17) is 23.7 Å². The van der Waals surface area contributed by atoms with Gasteiger partial charge in [0, 0.05) is 0 Å². The van der Waals surface area contributed by atoms with Crippen LogP contribution in [0.5, 0.6) is 0 Å². The summed E-state index contributed by atoms with van der Waals surface area (Å²) in [5.74, 6) is -1.68. The lowest BCUT2D eigenvalue weighted by Gasteiger charge is -2.26. The minimum atomic E-state index is -3.91. The van der Waals surface area contributed by atoms with Crippen LogP contribution in [0.2, 0.25) is 0 Å². The van der Waals surface area contributed by atoms with Crippen LogP contribution < -0.4 is 0 Å². The predicted octanol–water partition coefficient (Wildman–Crippen LogP) is 2.47. The summed E-state index contributed by atoms with van der Waals surface area (Å²) in [7, 11) is -3.91. The highest BCUT2D eigenvalue weighted by Crippen LogP contribution is 2.45. The van der Waals surface area contributed by atoms with Crippen LogP contribution in [0.4, 0.5) is 0 Å². The highest BCUT2D eigenvalue weighted by Gasteiger charge is 2.62. The monoisotopic (exact) mass is 441 g/mol. The van der Waals surface area contributed by atoms with Crippen LogP contribution in [-0.2, 0) is 33.5 Å². The first-order valence-electron chi connectivity index (χ1n) is 9.48. The molecule has 0 unspecified atom stereocenters. The number of thiazole rings is 1. The zero-order valence-corrected chi connectivity index (χ0v) is 18.2. The second-order valence-corrected chi connectivity index (χ2v) is 11.6. The van der Waals surface area contributed by atoms with E-state index in [0.717, 1.165) is 16.0 Å². The summed E-state index contributed by atoms with van der Waals surface area (Å²) in [6.45, 7) is 7.44. The Morgan fingerprint density at radius 1 is 1.00 bits per heavy atom. The summed E-state index contributed by atoms with van der Waals surface area (Å²) >= 11 is 1.13. The minimum Gasteiger partial charge on any atom is -0.350 e. The van der Waals surface area contributed by atoms with Gasteiger partial charge >= 0.3 is 0 Å². The largest absolute Gasteiger partial charge is 0.350 e. The fourth-order valence-corrected chi connectivity index (χ4v) is 7.07. The third-order valence-corrected chi connectivity index (χ3v) is 8.61. The number of ether oxygens (including phenoxy) is 5. The smallest absolute Gasteiger partial charge is 0.234 e.